The first-order valence-electron chi connectivity index (χ1n) is 9.72. The minimum Gasteiger partial charge on any atom is -0.493 e. The van der Waals surface area contributed by atoms with Gasteiger partial charge in [0.2, 0.25) is 0 Å². The van der Waals surface area contributed by atoms with E-state index in [0.29, 0.717) is 29.2 Å². The fourth-order valence-electron chi connectivity index (χ4n) is 3.30. The molecule has 5 heteroatoms. The van der Waals surface area contributed by atoms with Crippen molar-refractivity contribution in [3.8, 4) is 40.0 Å². The Labute approximate surface area is 171 Å². The number of nitrogen functional groups attached to an aromatic ring is 1. The topological polar surface area (TPSA) is 81.2 Å². The first-order chi connectivity index (χ1) is 14.1. The van der Waals surface area contributed by atoms with Gasteiger partial charge in [-0.25, -0.2) is 4.98 Å². The van der Waals surface area contributed by atoms with Crippen LogP contribution >= 0.6 is 0 Å². The number of nitrogens with zero attached hydrogens (tertiary/aromatic N) is 2. The predicted octanol–water partition coefficient (Wildman–Crippen LogP) is 5.23. The Bertz CT molecular complexity index is 1040. The lowest BCUT2D eigenvalue weighted by molar-refractivity contribution is 0.311. The summed E-state index contributed by atoms with van der Waals surface area (Å²) in [6, 6.07) is 18.0. The lowest BCUT2D eigenvalue weighted by atomic mass is 9.97. The molecule has 0 saturated heterocycles. The summed E-state index contributed by atoms with van der Waals surface area (Å²) in [6.07, 6.45) is 2.14. The molecule has 0 aliphatic heterocycles. The van der Waals surface area contributed by atoms with Gasteiger partial charge in [-0.1, -0.05) is 43.7 Å². The van der Waals surface area contributed by atoms with Gasteiger partial charge in [-0.05, 0) is 42.7 Å². The zero-order chi connectivity index (χ0) is 20.8. The van der Waals surface area contributed by atoms with Crippen molar-refractivity contribution in [2.75, 3.05) is 19.5 Å². The summed E-state index contributed by atoms with van der Waals surface area (Å²) >= 11 is 0. The lowest BCUT2D eigenvalue weighted by Gasteiger charge is -2.14. The van der Waals surface area contributed by atoms with Crippen LogP contribution in [-0.4, -0.2) is 18.7 Å². The van der Waals surface area contributed by atoms with Crippen molar-refractivity contribution in [2.24, 2.45) is 0 Å². The minimum absolute atomic E-state index is 0.213. The van der Waals surface area contributed by atoms with Gasteiger partial charge in [-0.15, -0.1) is 0 Å². The molecule has 1 aromatic heterocycles. The van der Waals surface area contributed by atoms with Crippen molar-refractivity contribution in [3.05, 3.63) is 59.7 Å². The Balaban J connectivity index is 2.10. The number of nitriles is 1. The van der Waals surface area contributed by atoms with Gasteiger partial charge in [0.25, 0.3) is 0 Å². The first-order valence-corrected chi connectivity index (χ1v) is 9.72. The molecule has 0 spiro atoms. The molecule has 3 rings (SSSR count). The van der Waals surface area contributed by atoms with Crippen LogP contribution in [0.25, 0.3) is 22.4 Å². The van der Waals surface area contributed by atoms with Crippen LogP contribution in [0.5, 0.6) is 11.5 Å². The second-order valence-corrected chi connectivity index (χ2v) is 6.67. The monoisotopic (exact) mass is 387 g/mol. The molecular weight excluding hydrogens is 362 g/mol. The highest BCUT2D eigenvalue weighted by Crippen LogP contribution is 2.36. The maximum absolute atomic E-state index is 9.66. The number of aromatic nitrogens is 1. The number of rotatable bonds is 7. The van der Waals surface area contributed by atoms with Gasteiger partial charge in [-0.2, -0.15) is 5.26 Å². The number of hydrogen-bond donors (Lipinski definition) is 1. The zero-order valence-corrected chi connectivity index (χ0v) is 17.0. The molecule has 1 heterocycles. The zero-order valence-electron chi connectivity index (χ0n) is 17.0. The standard InChI is InChI=1S/C24H25N3O2/c1-4-6-16-7-9-17(10-8-16)21-14-19(20(15-25)24(26)27-21)18-11-12-22(29-5-2)23(13-18)28-3/h7-14H,4-6H2,1-3H3,(H2,26,27). The third-order valence-electron chi connectivity index (χ3n) is 4.72. The molecule has 0 bridgehead atoms. The summed E-state index contributed by atoms with van der Waals surface area (Å²) in [6.45, 7) is 4.62. The normalized spacial score (nSPS) is 10.4. The maximum Gasteiger partial charge on any atom is 0.161 e. The molecule has 0 atom stereocenters. The van der Waals surface area contributed by atoms with Crippen molar-refractivity contribution in [3.63, 3.8) is 0 Å². The van der Waals surface area contributed by atoms with Gasteiger partial charge in [0.05, 0.1) is 19.4 Å². The van der Waals surface area contributed by atoms with Crippen LogP contribution in [0.3, 0.4) is 0 Å². The van der Waals surface area contributed by atoms with E-state index in [2.05, 4.69) is 30.1 Å². The third kappa shape index (κ3) is 4.33. The molecule has 0 unspecified atom stereocenters. The summed E-state index contributed by atoms with van der Waals surface area (Å²) in [4.78, 5) is 4.46. The highest BCUT2D eigenvalue weighted by molar-refractivity contribution is 5.81. The molecule has 2 aromatic carbocycles. The van der Waals surface area contributed by atoms with Gasteiger partial charge >= 0.3 is 0 Å². The summed E-state index contributed by atoms with van der Waals surface area (Å²) < 4.78 is 11.1. The molecule has 0 fully saturated rings. The van der Waals surface area contributed by atoms with Crippen LogP contribution in [0.2, 0.25) is 0 Å². The summed E-state index contributed by atoms with van der Waals surface area (Å²) in [5.74, 6) is 1.48. The number of benzene rings is 2. The Kier molecular flexibility index (Phi) is 6.36. The van der Waals surface area contributed by atoms with Crippen LogP contribution in [0.1, 0.15) is 31.4 Å². The van der Waals surface area contributed by atoms with Crippen molar-refractivity contribution in [2.45, 2.75) is 26.7 Å². The predicted molar refractivity (Wildman–Crippen MR) is 116 cm³/mol. The number of anilines is 1. The Hall–Kier alpha value is -3.52. The average Bonchev–Trinajstić information content (AvgIpc) is 2.74. The Morgan fingerprint density at radius 1 is 1.00 bits per heavy atom. The van der Waals surface area contributed by atoms with E-state index in [1.54, 1.807) is 7.11 Å². The van der Waals surface area contributed by atoms with Crippen LogP contribution in [0.15, 0.2) is 48.5 Å². The number of hydrogen-bond acceptors (Lipinski definition) is 5. The smallest absolute Gasteiger partial charge is 0.161 e. The van der Waals surface area contributed by atoms with Gasteiger partial charge in [0, 0.05) is 11.1 Å². The number of nitrogens with two attached hydrogens (primary N) is 1. The van der Waals surface area contributed by atoms with Crippen molar-refractivity contribution in [1.82, 2.24) is 4.98 Å². The lowest BCUT2D eigenvalue weighted by Crippen LogP contribution is -2.00. The van der Waals surface area contributed by atoms with Crippen molar-refractivity contribution >= 4 is 5.82 Å². The van der Waals surface area contributed by atoms with Crippen LogP contribution in [-0.2, 0) is 6.42 Å². The van der Waals surface area contributed by atoms with Crippen LogP contribution in [0, 0.1) is 11.3 Å². The third-order valence-corrected chi connectivity index (χ3v) is 4.72. The van der Waals surface area contributed by atoms with Gasteiger partial charge < -0.3 is 15.2 Å². The summed E-state index contributed by atoms with van der Waals surface area (Å²) in [5, 5.41) is 9.66. The highest BCUT2D eigenvalue weighted by Gasteiger charge is 2.15. The molecule has 5 nitrogen and oxygen atoms in total. The largest absolute Gasteiger partial charge is 0.493 e. The number of aryl methyl sites for hydroxylation is 1. The van der Waals surface area contributed by atoms with Gasteiger partial charge in [-0.3, -0.25) is 0 Å². The SMILES string of the molecule is CCCc1ccc(-c2cc(-c3ccc(OCC)c(OC)c3)c(C#N)c(N)n2)cc1. The molecule has 148 valence electrons. The van der Waals surface area contributed by atoms with Gasteiger partial charge in [0.15, 0.2) is 11.5 Å². The average molecular weight is 387 g/mol. The number of pyridine rings is 1. The van der Waals surface area contributed by atoms with Crippen LogP contribution in [0.4, 0.5) is 5.82 Å². The molecule has 0 amide bonds. The van der Waals surface area contributed by atoms with Crippen molar-refractivity contribution in [1.29, 1.82) is 5.26 Å². The molecule has 0 aliphatic rings. The van der Waals surface area contributed by atoms with E-state index in [0.717, 1.165) is 29.7 Å². The Morgan fingerprint density at radius 3 is 2.34 bits per heavy atom. The molecule has 0 radical (unpaired) electrons. The van der Waals surface area contributed by atoms with Crippen LogP contribution < -0.4 is 15.2 Å². The highest BCUT2D eigenvalue weighted by atomic mass is 16.5. The summed E-state index contributed by atoms with van der Waals surface area (Å²) in [7, 11) is 1.59. The van der Waals surface area contributed by atoms with E-state index in [1.165, 1.54) is 5.56 Å². The van der Waals surface area contributed by atoms with E-state index < -0.39 is 0 Å². The van der Waals surface area contributed by atoms with Gasteiger partial charge in [0.1, 0.15) is 17.5 Å². The van der Waals surface area contributed by atoms with E-state index in [9.17, 15) is 5.26 Å². The quantitative estimate of drug-likeness (QED) is 0.600. The number of methoxy groups -OCH3 is 1. The molecule has 29 heavy (non-hydrogen) atoms. The van der Waals surface area contributed by atoms with Crippen molar-refractivity contribution < 1.29 is 9.47 Å². The maximum atomic E-state index is 9.66. The fourth-order valence-corrected chi connectivity index (χ4v) is 3.30. The number of ether oxygens (including phenoxy) is 2. The minimum atomic E-state index is 0.213. The molecule has 0 saturated carbocycles. The van der Waals surface area contributed by atoms with E-state index >= 15 is 0 Å². The summed E-state index contributed by atoms with van der Waals surface area (Å²) in [5.41, 5.74) is 11.0. The van der Waals surface area contributed by atoms with E-state index in [1.807, 2.05) is 43.3 Å². The second kappa shape index (κ2) is 9.11. The van der Waals surface area contributed by atoms with E-state index in [4.69, 9.17) is 15.2 Å². The second-order valence-electron chi connectivity index (χ2n) is 6.67. The Morgan fingerprint density at radius 2 is 1.72 bits per heavy atom. The molecular formula is C24H25N3O2. The molecule has 0 aliphatic carbocycles. The molecule has 2 N–H and O–H groups in total. The fraction of sp³-hybridized carbons (Fsp3) is 0.250. The first kappa shape index (κ1) is 20.2. The molecule has 3 aromatic rings. The van der Waals surface area contributed by atoms with E-state index in [-0.39, 0.29) is 5.82 Å².